The van der Waals surface area contributed by atoms with Gasteiger partial charge in [0.1, 0.15) is 11.3 Å². The number of rotatable bonds is 9. The summed E-state index contributed by atoms with van der Waals surface area (Å²) in [6, 6.07) is 21.6. The van der Waals surface area contributed by atoms with Crippen LogP contribution in [0.25, 0.3) is 32.9 Å². The first-order valence-corrected chi connectivity index (χ1v) is 13.2. The van der Waals surface area contributed by atoms with Gasteiger partial charge in [0.05, 0.1) is 18.3 Å². The number of carbonyl (C=O) groups is 2. The number of amides is 1. The van der Waals surface area contributed by atoms with E-state index in [1.165, 1.54) is 0 Å². The molecular formula is C32H27N5O3. The third kappa shape index (κ3) is 5.24. The van der Waals surface area contributed by atoms with E-state index in [2.05, 4.69) is 25.5 Å². The molecule has 6 rings (SSSR count). The zero-order chi connectivity index (χ0) is 27.5. The molecule has 1 unspecified atom stereocenters. The third-order valence-corrected chi connectivity index (χ3v) is 7.17. The van der Waals surface area contributed by atoms with E-state index in [0.717, 1.165) is 38.7 Å². The van der Waals surface area contributed by atoms with Gasteiger partial charge < -0.3 is 15.4 Å². The number of pyridine rings is 1. The van der Waals surface area contributed by atoms with E-state index in [4.69, 9.17) is 0 Å². The first kappa shape index (κ1) is 25.2. The lowest BCUT2D eigenvalue weighted by Crippen LogP contribution is -2.42. The number of fused-ring (bicyclic) bond motifs is 2. The predicted molar refractivity (Wildman–Crippen MR) is 154 cm³/mol. The minimum atomic E-state index is -0.718. The number of nitrogens with one attached hydrogen (secondary N) is 2. The standard InChI is InChI=1S/C32H27N5O3/c38-29(11-10-25-12-14-35-37-25)28(17-24-19-34-27-9-2-1-8-26(24)27)36-32(40)22-6-3-5-20(15-22)23-16-21-7-4-13-33-31(21)30(39)18-23/h1-9,12-13,15-16,18-19,28,34,39H,10-11,14,17H2,(H,36,40). The second kappa shape index (κ2) is 10.9. The number of carbonyl (C=O) groups excluding carboxylic acids is 2. The van der Waals surface area contributed by atoms with E-state index < -0.39 is 6.04 Å². The van der Waals surface area contributed by atoms with Gasteiger partial charge in [-0.15, -0.1) is 0 Å². The molecule has 8 heteroatoms. The minimum absolute atomic E-state index is 0.0651. The number of phenolic OH excluding ortho intramolecular Hbond substituents is 1. The van der Waals surface area contributed by atoms with Crippen molar-refractivity contribution in [1.29, 1.82) is 0 Å². The fourth-order valence-corrected chi connectivity index (χ4v) is 5.08. The fourth-order valence-electron chi connectivity index (χ4n) is 5.08. The quantitative estimate of drug-likeness (QED) is 0.213. The van der Waals surface area contributed by atoms with Gasteiger partial charge in [-0.25, -0.2) is 0 Å². The Morgan fingerprint density at radius 3 is 2.77 bits per heavy atom. The molecule has 3 aromatic carbocycles. The van der Waals surface area contributed by atoms with Crippen molar-refractivity contribution in [3.8, 4) is 16.9 Å². The van der Waals surface area contributed by atoms with Crippen LogP contribution in [-0.2, 0) is 11.2 Å². The van der Waals surface area contributed by atoms with E-state index in [-0.39, 0.29) is 23.9 Å². The van der Waals surface area contributed by atoms with Crippen molar-refractivity contribution < 1.29 is 14.7 Å². The Labute approximate surface area is 230 Å². The summed E-state index contributed by atoms with van der Waals surface area (Å²) in [7, 11) is 0. The van der Waals surface area contributed by atoms with E-state index in [9.17, 15) is 14.7 Å². The fraction of sp³-hybridized carbons (Fsp3) is 0.156. The molecule has 1 atom stereocenters. The molecule has 1 aliphatic rings. The molecule has 3 N–H and O–H groups in total. The third-order valence-electron chi connectivity index (χ3n) is 7.17. The Hall–Kier alpha value is -5.11. The maximum absolute atomic E-state index is 13.5. The smallest absolute Gasteiger partial charge is 0.251 e. The maximum atomic E-state index is 13.5. The van der Waals surface area contributed by atoms with Gasteiger partial charge in [-0.3, -0.25) is 14.6 Å². The second-order valence-corrected chi connectivity index (χ2v) is 9.83. The Balaban J connectivity index is 1.26. The van der Waals surface area contributed by atoms with Crippen molar-refractivity contribution >= 4 is 33.5 Å². The van der Waals surface area contributed by atoms with E-state index in [1.807, 2.05) is 60.8 Å². The number of H-pyrrole nitrogens is 1. The van der Waals surface area contributed by atoms with Crippen LogP contribution in [0.15, 0.2) is 107 Å². The van der Waals surface area contributed by atoms with Crippen LogP contribution in [0.5, 0.6) is 5.75 Å². The van der Waals surface area contributed by atoms with Crippen LogP contribution >= 0.6 is 0 Å². The number of para-hydroxylation sites is 1. The lowest BCUT2D eigenvalue weighted by molar-refractivity contribution is -0.120. The van der Waals surface area contributed by atoms with Crippen LogP contribution in [0.4, 0.5) is 0 Å². The van der Waals surface area contributed by atoms with Gasteiger partial charge in [0.2, 0.25) is 0 Å². The lowest BCUT2D eigenvalue weighted by atomic mass is 9.97. The van der Waals surface area contributed by atoms with E-state index >= 15 is 0 Å². The molecule has 0 radical (unpaired) electrons. The van der Waals surface area contributed by atoms with Gasteiger partial charge in [-0.2, -0.15) is 10.2 Å². The number of hydrogen-bond donors (Lipinski definition) is 3. The van der Waals surface area contributed by atoms with Crippen molar-refractivity contribution in [3.63, 3.8) is 0 Å². The number of allylic oxidation sites excluding steroid dienone is 1. The predicted octanol–water partition coefficient (Wildman–Crippen LogP) is 6.13. The van der Waals surface area contributed by atoms with Gasteiger partial charge in [0, 0.05) is 47.1 Å². The van der Waals surface area contributed by atoms with Crippen molar-refractivity contribution in [2.75, 3.05) is 6.54 Å². The highest BCUT2D eigenvalue weighted by atomic mass is 16.3. The Kier molecular flexibility index (Phi) is 6.89. The van der Waals surface area contributed by atoms with Crippen molar-refractivity contribution in [2.45, 2.75) is 25.3 Å². The number of azo groups is 1. The number of benzene rings is 3. The molecule has 0 bridgehead atoms. The molecule has 1 aliphatic heterocycles. The Morgan fingerprint density at radius 1 is 1.00 bits per heavy atom. The maximum Gasteiger partial charge on any atom is 0.251 e. The van der Waals surface area contributed by atoms with Gasteiger partial charge >= 0.3 is 0 Å². The lowest BCUT2D eigenvalue weighted by Gasteiger charge is -2.18. The molecule has 40 heavy (non-hydrogen) atoms. The normalized spacial score (nSPS) is 13.4. The monoisotopic (exact) mass is 529 g/mol. The highest BCUT2D eigenvalue weighted by molar-refractivity contribution is 5.99. The molecule has 1 amide bonds. The number of Topliss-reactive ketones (excluding diaryl/α,β-unsaturated/α-hetero) is 1. The van der Waals surface area contributed by atoms with Crippen LogP contribution in [0.1, 0.15) is 28.8 Å². The number of ketones is 1. The molecule has 3 heterocycles. The number of nitrogens with zero attached hydrogens (tertiary/aromatic N) is 3. The van der Waals surface area contributed by atoms with Crippen LogP contribution in [0, 0.1) is 0 Å². The highest BCUT2D eigenvalue weighted by Gasteiger charge is 2.24. The Morgan fingerprint density at radius 2 is 1.90 bits per heavy atom. The summed E-state index contributed by atoms with van der Waals surface area (Å²) in [6.07, 6.45) is 6.54. The average molecular weight is 530 g/mol. The number of aromatic nitrogens is 2. The molecule has 198 valence electrons. The zero-order valence-corrected chi connectivity index (χ0v) is 21.7. The first-order chi connectivity index (χ1) is 19.5. The molecule has 0 saturated heterocycles. The van der Waals surface area contributed by atoms with Gasteiger partial charge in [0.25, 0.3) is 5.91 Å². The van der Waals surface area contributed by atoms with E-state index in [0.29, 0.717) is 30.5 Å². The second-order valence-electron chi connectivity index (χ2n) is 9.83. The summed E-state index contributed by atoms with van der Waals surface area (Å²) in [5.41, 5.74) is 5.22. The van der Waals surface area contributed by atoms with Crippen LogP contribution in [0.3, 0.4) is 0 Å². The largest absolute Gasteiger partial charge is 0.506 e. The minimum Gasteiger partial charge on any atom is -0.506 e. The SMILES string of the molecule is O=C(NC(Cc1c[nH]c2ccccc12)C(=O)CCC1=CCN=N1)c1cccc(-c2cc(O)c3ncccc3c2)c1. The molecule has 2 aromatic heterocycles. The van der Waals surface area contributed by atoms with E-state index in [1.54, 1.807) is 30.5 Å². The van der Waals surface area contributed by atoms with Gasteiger partial charge in [-0.1, -0.05) is 36.4 Å². The topological polar surface area (TPSA) is 120 Å². The molecule has 0 spiro atoms. The number of aromatic hydroxyl groups is 1. The number of hydrogen-bond acceptors (Lipinski definition) is 6. The number of aromatic amines is 1. The number of phenols is 1. The molecule has 0 aliphatic carbocycles. The summed E-state index contributed by atoms with van der Waals surface area (Å²) in [5.74, 6) is -0.333. The van der Waals surface area contributed by atoms with Crippen molar-refractivity contribution in [1.82, 2.24) is 15.3 Å². The van der Waals surface area contributed by atoms with Gasteiger partial charge in [-0.05, 0) is 65.6 Å². The molecule has 5 aromatic rings. The first-order valence-electron chi connectivity index (χ1n) is 13.2. The van der Waals surface area contributed by atoms with Crippen molar-refractivity contribution in [2.24, 2.45) is 10.2 Å². The summed E-state index contributed by atoms with van der Waals surface area (Å²) in [5, 5.41) is 23.3. The van der Waals surface area contributed by atoms with Crippen LogP contribution in [0.2, 0.25) is 0 Å². The summed E-state index contributed by atoms with van der Waals surface area (Å²) in [4.78, 5) is 34.4. The highest BCUT2D eigenvalue weighted by Crippen LogP contribution is 2.31. The molecule has 0 saturated carbocycles. The van der Waals surface area contributed by atoms with Crippen molar-refractivity contribution in [3.05, 3.63) is 108 Å². The zero-order valence-electron chi connectivity index (χ0n) is 21.7. The Bertz CT molecular complexity index is 1800. The summed E-state index contributed by atoms with van der Waals surface area (Å²) >= 11 is 0. The molecule has 8 nitrogen and oxygen atoms in total. The van der Waals surface area contributed by atoms with Crippen LogP contribution in [-0.4, -0.2) is 39.4 Å². The average Bonchev–Trinajstić information content (AvgIpc) is 3.66. The molecule has 0 fully saturated rings. The summed E-state index contributed by atoms with van der Waals surface area (Å²) < 4.78 is 0. The summed E-state index contributed by atoms with van der Waals surface area (Å²) in [6.45, 7) is 0.543. The van der Waals surface area contributed by atoms with Gasteiger partial charge in [0.15, 0.2) is 5.78 Å². The molecular weight excluding hydrogens is 502 g/mol. The van der Waals surface area contributed by atoms with Crippen LogP contribution < -0.4 is 5.32 Å².